The van der Waals surface area contributed by atoms with Crippen LogP contribution in [0.25, 0.3) is 11.3 Å². The van der Waals surface area contributed by atoms with Crippen molar-refractivity contribution in [1.82, 2.24) is 5.32 Å². The molecule has 1 aromatic carbocycles. The number of carbonyl (C=O) groups is 2. The van der Waals surface area contributed by atoms with E-state index in [4.69, 9.17) is 4.42 Å². The van der Waals surface area contributed by atoms with Crippen molar-refractivity contribution in [2.24, 2.45) is 5.92 Å². The molecule has 0 aliphatic heterocycles. The molecule has 2 aromatic rings. The van der Waals surface area contributed by atoms with E-state index in [2.05, 4.69) is 12.2 Å². The third-order valence-corrected chi connectivity index (χ3v) is 4.63. The van der Waals surface area contributed by atoms with Crippen molar-refractivity contribution in [1.29, 1.82) is 0 Å². The van der Waals surface area contributed by atoms with Crippen molar-refractivity contribution >= 4 is 11.9 Å². The summed E-state index contributed by atoms with van der Waals surface area (Å²) in [7, 11) is 0. The van der Waals surface area contributed by atoms with Gasteiger partial charge in [-0.15, -0.1) is 0 Å². The van der Waals surface area contributed by atoms with Crippen LogP contribution in [0.1, 0.15) is 42.3 Å². The summed E-state index contributed by atoms with van der Waals surface area (Å²) in [5.41, 5.74) is 2.15. The maximum Gasteiger partial charge on any atom is 0.308 e. The summed E-state index contributed by atoms with van der Waals surface area (Å²) < 4.78 is 5.65. The molecule has 0 unspecified atom stereocenters. The number of carbonyl (C=O) groups excluding carboxylic acids is 1. The van der Waals surface area contributed by atoms with Crippen molar-refractivity contribution in [3.63, 3.8) is 0 Å². The first-order chi connectivity index (χ1) is 11.6. The van der Waals surface area contributed by atoms with Crippen LogP contribution in [0, 0.1) is 5.92 Å². The van der Waals surface area contributed by atoms with Gasteiger partial charge in [-0.2, -0.15) is 0 Å². The number of aliphatic carboxylic acids is 1. The average Bonchev–Trinajstić information content (AvgIpc) is 3.24. The number of benzene rings is 1. The zero-order valence-corrected chi connectivity index (χ0v) is 13.6. The van der Waals surface area contributed by atoms with Gasteiger partial charge >= 0.3 is 5.97 Å². The second-order valence-corrected chi connectivity index (χ2v) is 6.17. The van der Waals surface area contributed by atoms with Gasteiger partial charge in [0.15, 0.2) is 5.76 Å². The predicted molar refractivity (Wildman–Crippen MR) is 89.8 cm³/mol. The fourth-order valence-corrected chi connectivity index (χ4v) is 3.19. The lowest BCUT2D eigenvalue weighted by Crippen LogP contribution is -2.40. The highest BCUT2D eigenvalue weighted by Crippen LogP contribution is 2.27. The summed E-state index contributed by atoms with van der Waals surface area (Å²) >= 11 is 0. The monoisotopic (exact) mass is 327 g/mol. The molecule has 24 heavy (non-hydrogen) atoms. The largest absolute Gasteiger partial charge is 0.481 e. The summed E-state index contributed by atoms with van der Waals surface area (Å²) in [5, 5.41) is 12.0. The van der Waals surface area contributed by atoms with Gasteiger partial charge < -0.3 is 14.8 Å². The lowest BCUT2D eigenvalue weighted by atomic mass is 10.0. The van der Waals surface area contributed by atoms with E-state index in [-0.39, 0.29) is 17.7 Å². The van der Waals surface area contributed by atoms with Crippen molar-refractivity contribution in [2.75, 3.05) is 0 Å². The van der Waals surface area contributed by atoms with E-state index in [0.717, 1.165) is 18.4 Å². The van der Waals surface area contributed by atoms with Crippen LogP contribution >= 0.6 is 0 Å². The Morgan fingerprint density at radius 2 is 1.92 bits per heavy atom. The first-order valence-corrected chi connectivity index (χ1v) is 8.31. The molecule has 1 aromatic heterocycles. The number of hydrogen-bond donors (Lipinski definition) is 2. The van der Waals surface area contributed by atoms with E-state index in [1.54, 1.807) is 12.1 Å². The third kappa shape index (κ3) is 3.35. The van der Waals surface area contributed by atoms with Gasteiger partial charge in [-0.05, 0) is 37.0 Å². The van der Waals surface area contributed by atoms with E-state index in [0.29, 0.717) is 18.6 Å². The van der Waals surface area contributed by atoms with Gasteiger partial charge in [0.25, 0.3) is 5.91 Å². The maximum atomic E-state index is 12.3. The molecule has 5 nitrogen and oxygen atoms in total. The molecule has 0 spiro atoms. The molecular weight excluding hydrogens is 306 g/mol. The average molecular weight is 327 g/mol. The number of hydrogen-bond acceptors (Lipinski definition) is 3. The van der Waals surface area contributed by atoms with E-state index >= 15 is 0 Å². The SMILES string of the molecule is CCc1ccc(-c2ccc(C(=O)N[C@@H]3CCC[C@@H]3C(=O)O)o2)cc1. The first kappa shape index (κ1) is 16.3. The number of amides is 1. The van der Waals surface area contributed by atoms with Crippen LogP contribution in [-0.4, -0.2) is 23.0 Å². The van der Waals surface area contributed by atoms with Gasteiger partial charge in [0.1, 0.15) is 5.76 Å². The van der Waals surface area contributed by atoms with Gasteiger partial charge in [-0.25, -0.2) is 0 Å². The summed E-state index contributed by atoms with van der Waals surface area (Å²) in [5.74, 6) is -0.881. The number of nitrogens with one attached hydrogen (secondary N) is 1. The Hall–Kier alpha value is -2.56. The standard InChI is InChI=1S/C19H21NO4/c1-2-12-6-8-13(9-7-12)16-10-11-17(24-16)18(21)20-15-5-3-4-14(15)19(22)23/h6-11,14-15H,2-5H2,1H3,(H,20,21)(H,22,23)/t14-,15+/m0/s1. The van der Waals surface area contributed by atoms with E-state index in [1.807, 2.05) is 24.3 Å². The molecule has 5 heteroatoms. The quantitative estimate of drug-likeness (QED) is 0.881. The fraction of sp³-hybridized carbons (Fsp3) is 0.368. The van der Waals surface area contributed by atoms with Crippen LogP contribution in [0.2, 0.25) is 0 Å². The van der Waals surface area contributed by atoms with Crippen LogP contribution < -0.4 is 5.32 Å². The smallest absolute Gasteiger partial charge is 0.308 e. The molecule has 2 N–H and O–H groups in total. The highest BCUT2D eigenvalue weighted by atomic mass is 16.4. The van der Waals surface area contributed by atoms with Gasteiger partial charge in [-0.3, -0.25) is 9.59 Å². The molecule has 1 fully saturated rings. The van der Waals surface area contributed by atoms with E-state index in [1.165, 1.54) is 5.56 Å². The Morgan fingerprint density at radius 1 is 1.17 bits per heavy atom. The highest BCUT2D eigenvalue weighted by Gasteiger charge is 2.34. The van der Waals surface area contributed by atoms with Crippen LogP contribution in [0.15, 0.2) is 40.8 Å². The normalized spacial score (nSPS) is 20.0. The maximum absolute atomic E-state index is 12.3. The molecule has 126 valence electrons. The minimum atomic E-state index is -0.853. The van der Waals surface area contributed by atoms with Gasteiger partial charge in [0, 0.05) is 11.6 Å². The fourth-order valence-electron chi connectivity index (χ4n) is 3.19. The van der Waals surface area contributed by atoms with Crippen molar-refractivity contribution < 1.29 is 19.1 Å². The zero-order chi connectivity index (χ0) is 17.1. The molecule has 1 amide bonds. The Morgan fingerprint density at radius 3 is 2.58 bits per heavy atom. The molecule has 1 aliphatic carbocycles. The number of carboxylic acids is 1. The zero-order valence-electron chi connectivity index (χ0n) is 13.6. The van der Waals surface area contributed by atoms with Crippen LogP contribution in [0.5, 0.6) is 0 Å². The Bertz CT molecular complexity index is 732. The van der Waals surface area contributed by atoms with E-state index < -0.39 is 11.9 Å². The summed E-state index contributed by atoms with van der Waals surface area (Å²) in [4.78, 5) is 23.5. The topological polar surface area (TPSA) is 79.5 Å². The van der Waals surface area contributed by atoms with Crippen LogP contribution in [-0.2, 0) is 11.2 Å². The summed E-state index contributed by atoms with van der Waals surface area (Å²) in [6.45, 7) is 2.09. The molecule has 3 rings (SSSR count). The Kier molecular flexibility index (Phi) is 4.69. The lowest BCUT2D eigenvalue weighted by Gasteiger charge is -2.16. The Labute approximate surface area is 140 Å². The molecule has 2 atom stereocenters. The van der Waals surface area contributed by atoms with Gasteiger partial charge in [-0.1, -0.05) is 37.6 Å². The minimum absolute atomic E-state index is 0.209. The molecule has 1 heterocycles. The second-order valence-electron chi connectivity index (χ2n) is 6.17. The summed E-state index contributed by atoms with van der Waals surface area (Å²) in [6, 6.07) is 11.1. The second kappa shape index (κ2) is 6.91. The van der Waals surface area contributed by atoms with Gasteiger partial charge in [0.05, 0.1) is 5.92 Å². The number of carboxylic acid groups (broad SMARTS) is 1. The lowest BCUT2D eigenvalue weighted by molar-refractivity contribution is -0.142. The van der Waals surface area contributed by atoms with Crippen molar-refractivity contribution in [2.45, 2.75) is 38.6 Å². The highest BCUT2D eigenvalue weighted by molar-refractivity contribution is 5.92. The van der Waals surface area contributed by atoms with Crippen LogP contribution in [0.3, 0.4) is 0 Å². The first-order valence-electron chi connectivity index (χ1n) is 8.31. The molecular formula is C19H21NO4. The molecule has 1 aliphatic rings. The molecule has 0 saturated heterocycles. The molecule has 0 bridgehead atoms. The van der Waals surface area contributed by atoms with Crippen molar-refractivity contribution in [3.05, 3.63) is 47.7 Å². The summed E-state index contributed by atoms with van der Waals surface area (Å²) in [6.07, 6.45) is 3.08. The third-order valence-electron chi connectivity index (χ3n) is 4.63. The van der Waals surface area contributed by atoms with Crippen LogP contribution in [0.4, 0.5) is 0 Å². The predicted octanol–water partition coefficient (Wildman–Crippen LogP) is 3.49. The number of furan rings is 1. The number of rotatable bonds is 5. The Balaban J connectivity index is 1.70. The molecule has 1 saturated carbocycles. The molecule has 0 radical (unpaired) electrons. The van der Waals surface area contributed by atoms with E-state index in [9.17, 15) is 14.7 Å². The van der Waals surface area contributed by atoms with Gasteiger partial charge in [0.2, 0.25) is 0 Å². The number of aryl methyl sites for hydroxylation is 1. The minimum Gasteiger partial charge on any atom is -0.481 e. The van der Waals surface area contributed by atoms with Crippen molar-refractivity contribution in [3.8, 4) is 11.3 Å².